The van der Waals surface area contributed by atoms with Crippen molar-refractivity contribution in [2.75, 3.05) is 10.6 Å². The van der Waals surface area contributed by atoms with Crippen molar-refractivity contribution in [3.8, 4) is 5.75 Å². The molecule has 0 saturated heterocycles. The lowest BCUT2D eigenvalue weighted by molar-refractivity contribution is -0.118. The third-order valence-corrected chi connectivity index (χ3v) is 3.78. The number of nitrogens with zero attached hydrogens (tertiary/aromatic N) is 1. The average Bonchev–Trinajstić information content (AvgIpc) is 2.59. The molecular weight excluding hydrogens is 264 g/mol. The number of nitrogen functional groups attached to an aromatic ring is 1. The van der Waals surface area contributed by atoms with E-state index in [9.17, 15) is 9.90 Å². The summed E-state index contributed by atoms with van der Waals surface area (Å²) >= 11 is 0. The first-order chi connectivity index (χ1) is 10.1. The molecule has 0 bridgehead atoms. The second-order valence-corrected chi connectivity index (χ2v) is 5.39. The van der Waals surface area contributed by atoms with Gasteiger partial charge in [-0.25, -0.2) is 0 Å². The Hall–Kier alpha value is -2.49. The quantitative estimate of drug-likeness (QED) is 0.832. The van der Waals surface area contributed by atoms with Gasteiger partial charge in [0.15, 0.2) is 0 Å². The van der Waals surface area contributed by atoms with E-state index in [2.05, 4.69) is 0 Å². The molecule has 1 aliphatic rings. The molecule has 2 aromatic rings. The molecule has 0 fully saturated rings. The molecule has 2 aromatic carbocycles. The third-order valence-electron chi connectivity index (χ3n) is 3.78. The van der Waals surface area contributed by atoms with Gasteiger partial charge in [-0.15, -0.1) is 0 Å². The number of phenols is 1. The van der Waals surface area contributed by atoms with E-state index in [-0.39, 0.29) is 11.7 Å². The molecule has 4 nitrogen and oxygen atoms in total. The number of benzene rings is 2. The largest absolute Gasteiger partial charge is 0.508 e. The number of aromatic hydroxyl groups is 1. The van der Waals surface area contributed by atoms with Gasteiger partial charge in [-0.05, 0) is 54.3 Å². The number of hydrogen-bond acceptors (Lipinski definition) is 3. The van der Waals surface area contributed by atoms with Crippen LogP contribution in [0.1, 0.15) is 24.0 Å². The highest BCUT2D eigenvalue weighted by Gasteiger charge is 2.22. The number of fused-ring (bicyclic) bond motifs is 1. The highest BCUT2D eigenvalue weighted by Crippen LogP contribution is 2.30. The van der Waals surface area contributed by atoms with Crippen LogP contribution in [0.5, 0.6) is 5.75 Å². The van der Waals surface area contributed by atoms with Gasteiger partial charge in [-0.3, -0.25) is 4.79 Å². The molecule has 0 saturated carbocycles. The Balaban J connectivity index is 1.98. The Morgan fingerprint density at radius 2 is 2.00 bits per heavy atom. The normalized spacial score (nSPS) is 14.7. The third kappa shape index (κ3) is 2.84. The minimum absolute atomic E-state index is 0.113. The molecule has 1 heterocycles. The number of anilines is 2. The monoisotopic (exact) mass is 282 g/mol. The van der Waals surface area contributed by atoms with Crippen molar-refractivity contribution in [3.05, 3.63) is 53.6 Å². The van der Waals surface area contributed by atoms with E-state index >= 15 is 0 Å². The van der Waals surface area contributed by atoms with Crippen LogP contribution in [0.15, 0.2) is 42.5 Å². The standard InChI is InChI=1S/C17H18N2O2/c18-14-7-8-16-13(10-14)4-2-6-17(21)19(16)11-12-3-1-5-15(20)9-12/h1,3,5,7-10,20H,2,4,6,11,18H2. The first kappa shape index (κ1) is 13.5. The van der Waals surface area contributed by atoms with Crippen molar-refractivity contribution in [1.82, 2.24) is 0 Å². The first-order valence-corrected chi connectivity index (χ1v) is 7.10. The molecule has 21 heavy (non-hydrogen) atoms. The van der Waals surface area contributed by atoms with Gasteiger partial charge in [0.05, 0.1) is 6.54 Å². The summed E-state index contributed by atoms with van der Waals surface area (Å²) in [6.07, 6.45) is 2.24. The van der Waals surface area contributed by atoms with Crippen molar-refractivity contribution in [2.45, 2.75) is 25.8 Å². The highest BCUT2D eigenvalue weighted by molar-refractivity contribution is 5.95. The number of rotatable bonds is 2. The molecule has 3 N–H and O–H groups in total. The lowest BCUT2D eigenvalue weighted by atomic mass is 10.1. The molecule has 1 aliphatic heterocycles. The SMILES string of the molecule is Nc1ccc2c(c1)CCCC(=O)N2Cc1cccc(O)c1. The zero-order valence-electron chi connectivity index (χ0n) is 11.7. The maximum absolute atomic E-state index is 12.4. The van der Waals surface area contributed by atoms with Gasteiger partial charge in [-0.2, -0.15) is 0 Å². The van der Waals surface area contributed by atoms with Crippen molar-refractivity contribution in [3.63, 3.8) is 0 Å². The lowest BCUT2D eigenvalue weighted by Crippen LogP contribution is -2.29. The molecule has 0 atom stereocenters. The first-order valence-electron chi connectivity index (χ1n) is 7.10. The van der Waals surface area contributed by atoms with E-state index in [1.807, 2.05) is 24.3 Å². The topological polar surface area (TPSA) is 66.6 Å². The minimum atomic E-state index is 0.113. The van der Waals surface area contributed by atoms with Crippen LogP contribution in [0, 0.1) is 0 Å². The fourth-order valence-electron chi connectivity index (χ4n) is 2.78. The second kappa shape index (κ2) is 5.48. The zero-order chi connectivity index (χ0) is 14.8. The number of nitrogens with two attached hydrogens (primary N) is 1. The van der Waals surface area contributed by atoms with Crippen LogP contribution in [0.3, 0.4) is 0 Å². The van der Waals surface area contributed by atoms with Gasteiger partial charge in [-0.1, -0.05) is 12.1 Å². The maximum atomic E-state index is 12.4. The molecule has 4 heteroatoms. The molecular formula is C17H18N2O2. The maximum Gasteiger partial charge on any atom is 0.227 e. The molecule has 0 aromatic heterocycles. The molecule has 108 valence electrons. The summed E-state index contributed by atoms with van der Waals surface area (Å²) in [6, 6.07) is 12.7. The molecule has 3 rings (SSSR count). The smallest absolute Gasteiger partial charge is 0.227 e. The summed E-state index contributed by atoms with van der Waals surface area (Å²) in [5.74, 6) is 0.328. The van der Waals surface area contributed by atoms with Crippen LogP contribution in [-0.4, -0.2) is 11.0 Å². The Bertz CT molecular complexity index is 682. The van der Waals surface area contributed by atoms with Gasteiger partial charge in [0.2, 0.25) is 5.91 Å². The van der Waals surface area contributed by atoms with E-state index in [1.54, 1.807) is 23.1 Å². The number of hydrogen-bond donors (Lipinski definition) is 2. The number of carbonyl (C=O) groups is 1. The van der Waals surface area contributed by atoms with E-state index in [4.69, 9.17) is 5.73 Å². The van der Waals surface area contributed by atoms with Crippen LogP contribution >= 0.6 is 0 Å². The van der Waals surface area contributed by atoms with Crippen LogP contribution in [0.25, 0.3) is 0 Å². The van der Waals surface area contributed by atoms with Crippen LogP contribution in [0.2, 0.25) is 0 Å². The van der Waals surface area contributed by atoms with Crippen LogP contribution in [0.4, 0.5) is 11.4 Å². The van der Waals surface area contributed by atoms with Crippen LogP contribution < -0.4 is 10.6 Å². The second-order valence-electron chi connectivity index (χ2n) is 5.39. The van der Waals surface area contributed by atoms with Crippen molar-refractivity contribution < 1.29 is 9.90 Å². The summed E-state index contributed by atoms with van der Waals surface area (Å²) in [5.41, 5.74) is 9.52. The van der Waals surface area contributed by atoms with Gasteiger partial charge in [0.1, 0.15) is 5.75 Å². The molecule has 1 amide bonds. The number of phenolic OH excluding ortho intramolecular Hbond substituents is 1. The zero-order valence-corrected chi connectivity index (χ0v) is 11.7. The molecule has 0 spiro atoms. The van der Waals surface area contributed by atoms with Gasteiger partial charge in [0, 0.05) is 17.8 Å². The highest BCUT2D eigenvalue weighted by atomic mass is 16.3. The van der Waals surface area contributed by atoms with Crippen molar-refractivity contribution >= 4 is 17.3 Å². The summed E-state index contributed by atoms with van der Waals surface area (Å²) < 4.78 is 0. The fourth-order valence-corrected chi connectivity index (χ4v) is 2.78. The number of amides is 1. The lowest BCUT2D eigenvalue weighted by Gasteiger charge is -2.23. The average molecular weight is 282 g/mol. The Morgan fingerprint density at radius 1 is 1.14 bits per heavy atom. The van der Waals surface area contributed by atoms with E-state index in [1.165, 1.54) is 0 Å². The van der Waals surface area contributed by atoms with E-state index < -0.39 is 0 Å². The summed E-state index contributed by atoms with van der Waals surface area (Å²) in [6.45, 7) is 0.462. The number of aryl methyl sites for hydroxylation is 1. The summed E-state index contributed by atoms with van der Waals surface area (Å²) in [7, 11) is 0. The minimum Gasteiger partial charge on any atom is -0.508 e. The fraction of sp³-hybridized carbons (Fsp3) is 0.235. The number of carbonyl (C=O) groups excluding carboxylic acids is 1. The Labute approximate surface area is 123 Å². The van der Waals surface area contributed by atoms with Crippen molar-refractivity contribution in [1.29, 1.82) is 0 Å². The molecule has 0 radical (unpaired) electrons. The summed E-state index contributed by atoms with van der Waals surface area (Å²) in [4.78, 5) is 14.2. The predicted molar refractivity (Wildman–Crippen MR) is 83.1 cm³/mol. The van der Waals surface area contributed by atoms with Crippen molar-refractivity contribution in [2.24, 2.45) is 0 Å². The molecule has 0 unspecified atom stereocenters. The van der Waals surface area contributed by atoms with Gasteiger partial charge < -0.3 is 15.7 Å². The Morgan fingerprint density at radius 3 is 2.81 bits per heavy atom. The Kier molecular flexibility index (Phi) is 3.52. The van der Waals surface area contributed by atoms with E-state index in [0.29, 0.717) is 13.0 Å². The van der Waals surface area contributed by atoms with Crippen LogP contribution in [-0.2, 0) is 17.8 Å². The molecule has 0 aliphatic carbocycles. The van der Waals surface area contributed by atoms with E-state index in [0.717, 1.165) is 35.3 Å². The van der Waals surface area contributed by atoms with Gasteiger partial charge >= 0.3 is 0 Å². The summed E-state index contributed by atoms with van der Waals surface area (Å²) in [5, 5.41) is 9.58. The van der Waals surface area contributed by atoms with Gasteiger partial charge in [0.25, 0.3) is 0 Å². The predicted octanol–water partition coefficient (Wildman–Crippen LogP) is 2.84.